The highest BCUT2D eigenvalue weighted by atomic mass is 35.5. The molecule has 1 heterocycles. The molecule has 212 valence electrons. The molecule has 3 rings (SSSR count). The third-order valence-electron chi connectivity index (χ3n) is 6.11. The van der Waals surface area contributed by atoms with E-state index in [9.17, 15) is 10.2 Å². The van der Waals surface area contributed by atoms with Gasteiger partial charge >= 0.3 is 0 Å². The van der Waals surface area contributed by atoms with E-state index in [1.165, 1.54) is 12.1 Å². The van der Waals surface area contributed by atoms with E-state index in [0.29, 0.717) is 113 Å². The van der Waals surface area contributed by atoms with E-state index >= 15 is 0 Å². The fourth-order valence-corrected chi connectivity index (χ4v) is 4.54. The van der Waals surface area contributed by atoms with Crippen molar-refractivity contribution in [2.75, 3.05) is 90.5 Å². The van der Waals surface area contributed by atoms with Gasteiger partial charge in [0, 0.05) is 60.4 Å². The Morgan fingerprint density at radius 1 is 0.579 bits per heavy atom. The van der Waals surface area contributed by atoms with Gasteiger partial charge in [0.15, 0.2) is 0 Å². The van der Waals surface area contributed by atoms with E-state index in [1.54, 1.807) is 12.1 Å². The molecule has 0 amide bonds. The fourth-order valence-electron chi connectivity index (χ4n) is 4.04. The minimum Gasteiger partial charge on any atom is -0.505 e. The molecule has 0 atom stereocenters. The molecule has 0 bridgehead atoms. The minimum absolute atomic E-state index is 0.0422. The zero-order valence-electron chi connectivity index (χ0n) is 21.5. The van der Waals surface area contributed by atoms with Gasteiger partial charge in [-0.25, -0.2) is 0 Å². The normalized spacial score (nSPS) is 18.6. The molecule has 38 heavy (non-hydrogen) atoms. The monoisotopic (exact) mass is 572 g/mol. The van der Waals surface area contributed by atoms with Crippen molar-refractivity contribution >= 4 is 34.6 Å². The van der Waals surface area contributed by atoms with Crippen LogP contribution in [0.1, 0.15) is 11.1 Å². The molecule has 1 aliphatic rings. The van der Waals surface area contributed by atoms with Crippen molar-refractivity contribution in [3.05, 3.63) is 45.4 Å². The van der Waals surface area contributed by atoms with Crippen molar-refractivity contribution in [3.8, 4) is 11.5 Å². The summed E-state index contributed by atoms with van der Waals surface area (Å²) in [5.41, 5.74) is 13.5. The highest BCUT2D eigenvalue weighted by Gasteiger charge is 2.14. The number of benzene rings is 2. The standard InChI is InChI=1S/C26H38Cl2N4O6/c27-21-13-19(25(33)23(29)15-21)17-31-1-5-35-9-10-37-7-3-32(4-8-38-12-11-36-6-2-31)18-20-14-22(28)16-24(30)26(20)34/h13-16,33-34H,1-12,17-18,29-30H2. The molecule has 0 saturated carbocycles. The number of nitrogens with zero attached hydrogens (tertiary/aromatic N) is 2. The van der Waals surface area contributed by atoms with Crippen molar-refractivity contribution in [2.45, 2.75) is 13.1 Å². The first-order valence-corrected chi connectivity index (χ1v) is 13.4. The number of phenolic OH excluding ortho intramolecular Hbond substituents is 2. The van der Waals surface area contributed by atoms with Crippen molar-refractivity contribution in [1.29, 1.82) is 0 Å². The van der Waals surface area contributed by atoms with Crippen LogP contribution in [0.3, 0.4) is 0 Å². The summed E-state index contributed by atoms with van der Waals surface area (Å²) in [6, 6.07) is 6.49. The van der Waals surface area contributed by atoms with Crippen LogP contribution in [-0.2, 0) is 32.0 Å². The zero-order valence-corrected chi connectivity index (χ0v) is 23.1. The Morgan fingerprint density at radius 2 is 0.895 bits per heavy atom. The smallest absolute Gasteiger partial charge is 0.143 e. The molecule has 1 fully saturated rings. The number of anilines is 2. The number of ether oxygens (including phenoxy) is 4. The van der Waals surface area contributed by atoms with Gasteiger partial charge in [0.1, 0.15) is 11.5 Å². The van der Waals surface area contributed by atoms with E-state index in [2.05, 4.69) is 9.80 Å². The van der Waals surface area contributed by atoms with E-state index in [4.69, 9.17) is 53.6 Å². The van der Waals surface area contributed by atoms with Gasteiger partial charge in [-0.15, -0.1) is 0 Å². The van der Waals surface area contributed by atoms with Gasteiger partial charge < -0.3 is 40.6 Å². The first kappa shape index (κ1) is 30.5. The lowest BCUT2D eigenvalue weighted by Crippen LogP contribution is -2.32. The van der Waals surface area contributed by atoms with E-state index in [-0.39, 0.29) is 22.9 Å². The molecule has 1 saturated heterocycles. The molecular formula is C26H38Cl2N4O6. The molecule has 0 aliphatic carbocycles. The molecule has 0 radical (unpaired) electrons. The number of hydrogen-bond acceptors (Lipinski definition) is 10. The maximum Gasteiger partial charge on any atom is 0.143 e. The van der Waals surface area contributed by atoms with Crippen molar-refractivity contribution < 1.29 is 29.2 Å². The lowest BCUT2D eigenvalue weighted by Gasteiger charge is -2.24. The summed E-state index contributed by atoms with van der Waals surface area (Å²) in [7, 11) is 0. The van der Waals surface area contributed by atoms with Crippen LogP contribution >= 0.6 is 23.2 Å². The molecular weight excluding hydrogens is 535 g/mol. The van der Waals surface area contributed by atoms with Crippen molar-refractivity contribution in [2.24, 2.45) is 0 Å². The average molecular weight is 574 g/mol. The highest BCUT2D eigenvalue weighted by Crippen LogP contribution is 2.31. The Morgan fingerprint density at radius 3 is 1.21 bits per heavy atom. The predicted octanol–water partition coefficient (Wildman–Crippen LogP) is 2.95. The third-order valence-corrected chi connectivity index (χ3v) is 6.54. The summed E-state index contributed by atoms with van der Waals surface area (Å²) in [5.74, 6) is 0.0844. The minimum atomic E-state index is 0.0422. The maximum atomic E-state index is 10.3. The van der Waals surface area contributed by atoms with Crippen LogP contribution in [0.2, 0.25) is 10.0 Å². The molecule has 10 nitrogen and oxygen atoms in total. The van der Waals surface area contributed by atoms with Crippen LogP contribution in [0.15, 0.2) is 24.3 Å². The van der Waals surface area contributed by atoms with Gasteiger partial charge in [-0.05, 0) is 24.3 Å². The fraction of sp³-hybridized carbons (Fsp3) is 0.538. The van der Waals surface area contributed by atoms with E-state index in [1.807, 2.05) is 0 Å². The van der Waals surface area contributed by atoms with Crippen LogP contribution in [0.4, 0.5) is 11.4 Å². The number of nitrogen functional groups attached to an aromatic ring is 2. The second-order valence-electron chi connectivity index (χ2n) is 9.01. The van der Waals surface area contributed by atoms with E-state index < -0.39 is 0 Å². The third kappa shape index (κ3) is 10.3. The van der Waals surface area contributed by atoms with Gasteiger partial charge in [-0.3, -0.25) is 9.80 Å². The van der Waals surface area contributed by atoms with Crippen LogP contribution in [0, 0.1) is 0 Å². The predicted molar refractivity (Wildman–Crippen MR) is 149 cm³/mol. The number of phenols is 2. The van der Waals surface area contributed by atoms with Crippen molar-refractivity contribution in [3.63, 3.8) is 0 Å². The molecule has 0 unspecified atom stereocenters. The summed E-state index contributed by atoms with van der Waals surface area (Å²) >= 11 is 12.3. The van der Waals surface area contributed by atoms with Gasteiger partial charge in [-0.1, -0.05) is 23.2 Å². The first-order valence-electron chi connectivity index (χ1n) is 12.6. The summed E-state index contributed by atoms with van der Waals surface area (Å²) in [5, 5.41) is 21.6. The lowest BCUT2D eigenvalue weighted by molar-refractivity contribution is 0.00612. The Kier molecular flexibility index (Phi) is 13.0. The summed E-state index contributed by atoms with van der Waals surface area (Å²) in [6.07, 6.45) is 0. The van der Waals surface area contributed by atoms with Gasteiger partial charge in [0.25, 0.3) is 0 Å². The molecule has 0 aromatic heterocycles. The number of aromatic hydroxyl groups is 2. The van der Waals surface area contributed by atoms with Crippen LogP contribution in [-0.4, -0.2) is 99.0 Å². The summed E-state index contributed by atoms with van der Waals surface area (Å²) < 4.78 is 23.1. The van der Waals surface area contributed by atoms with Gasteiger partial charge in [0.05, 0.1) is 64.2 Å². The van der Waals surface area contributed by atoms with Crippen LogP contribution < -0.4 is 11.5 Å². The number of rotatable bonds is 4. The van der Waals surface area contributed by atoms with E-state index in [0.717, 1.165) is 0 Å². The van der Waals surface area contributed by atoms with Crippen LogP contribution in [0.5, 0.6) is 11.5 Å². The number of hydrogen-bond donors (Lipinski definition) is 4. The van der Waals surface area contributed by atoms with Gasteiger partial charge in [0.2, 0.25) is 0 Å². The molecule has 6 N–H and O–H groups in total. The van der Waals surface area contributed by atoms with Gasteiger partial charge in [-0.2, -0.15) is 0 Å². The Labute approximate surface area is 233 Å². The topological polar surface area (TPSA) is 136 Å². The molecule has 2 aromatic carbocycles. The number of nitrogens with two attached hydrogens (primary N) is 2. The SMILES string of the molecule is Nc1cc(Cl)cc(CN2CCOCCOCCN(Cc3cc(Cl)cc(N)c3O)CCOCCOCC2)c1O. The lowest BCUT2D eigenvalue weighted by atomic mass is 10.1. The van der Waals surface area contributed by atoms with Crippen LogP contribution in [0.25, 0.3) is 0 Å². The van der Waals surface area contributed by atoms with Crippen molar-refractivity contribution in [1.82, 2.24) is 9.80 Å². The summed E-state index contributed by atoms with van der Waals surface area (Å²) in [4.78, 5) is 4.23. The molecule has 1 aliphatic heterocycles. The summed E-state index contributed by atoms with van der Waals surface area (Å²) in [6.45, 7) is 7.21. The zero-order chi connectivity index (χ0) is 27.3. The Balaban J connectivity index is 1.52. The first-order chi connectivity index (χ1) is 18.3. The second kappa shape index (κ2) is 16.2. The largest absolute Gasteiger partial charge is 0.505 e. The Bertz CT molecular complexity index is 917. The quantitative estimate of drug-likeness (QED) is 0.319. The number of halogens is 2. The average Bonchev–Trinajstić information content (AvgIpc) is 2.87. The Hall–Kier alpha value is -2.02. The molecule has 0 spiro atoms. The second-order valence-corrected chi connectivity index (χ2v) is 9.88. The highest BCUT2D eigenvalue weighted by molar-refractivity contribution is 6.31. The molecule has 2 aromatic rings. The molecule has 12 heteroatoms. The maximum absolute atomic E-state index is 10.3.